The molecule has 0 saturated heterocycles. The zero-order valence-corrected chi connectivity index (χ0v) is 13.7. The van der Waals surface area contributed by atoms with Gasteiger partial charge in [0.05, 0.1) is 7.11 Å². The van der Waals surface area contributed by atoms with Crippen LogP contribution in [-0.4, -0.2) is 18.1 Å². The molecule has 1 aromatic rings. The third kappa shape index (κ3) is 4.13. The summed E-state index contributed by atoms with van der Waals surface area (Å²) in [6, 6.07) is 5.10. The number of carbonyl (C=O) groups is 1. The topological polar surface area (TPSA) is 58.6 Å². The van der Waals surface area contributed by atoms with Crippen molar-refractivity contribution in [3.05, 3.63) is 23.8 Å². The second-order valence-corrected chi connectivity index (χ2v) is 6.01. The first-order chi connectivity index (χ1) is 9.85. The maximum absolute atomic E-state index is 12.5. The fraction of sp³-hybridized carbons (Fsp3) is 0.588. The van der Waals surface area contributed by atoms with Crippen LogP contribution in [-0.2, 0) is 11.3 Å². The van der Waals surface area contributed by atoms with Crippen LogP contribution in [0.2, 0.25) is 0 Å². The lowest BCUT2D eigenvalue weighted by atomic mass is 9.75. The zero-order chi connectivity index (χ0) is 16.0. The molecule has 0 heterocycles. The molecule has 0 aliphatic heterocycles. The lowest BCUT2D eigenvalue weighted by Crippen LogP contribution is -2.42. The van der Waals surface area contributed by atoms with Crippen molar-refractivity contribution in [3.8, 4) is 11.5 Å². The standard InChI is InChI=1S/C17H27NO3/c1-6-9-17(4,12(2)3)16(20)18-11-13-7-8-14(19)15(10-13)21-5/h7-8,10,12,19H,6,9,11H2,1-5H3,(H,18,20). The molecule has 0 fully saturated rings. The molecule has 0 radical (unpaired) electrons. The smallest absolute Gasteiger partial charge is 0.226 e. The summed E-state index contributed by atoms with van der Waals surface area (Å²) in [7, 11) is 1.51. The Kier molecular flexibility index (Phi) is 6.06. The zero-order valence-electron chi connectivity index (χ0n) is 13.7. The molecular formula is C17H27NO3. The van der Waals surface area contributed by atoms with E-state index < -0.39 is 0 Å². The first-order valence-corrected chi connectivity index (χ1v) is 7.49. The summed E-state index contributed by atoms with van der Waals surface area (Å²) in [5.41, 5.74) is 0.552. The maximum atomic E-state index is 12.5. The lowest BCUT2D eigenvalue weighted by Gasteiger charge is -2.32. The van der Waals surface area contributed by atoms with E-state index in [1.54, 1.807) is 18.2 Å². The Morgan fingerprint density at radius 1 is 1.43 bits per heavy atom. The molecule has 118 valence electrons. The molecule has 0 aliphatic carbocycles. The van der Waals surface area contributed by atoms with Crippen molar-refractivity contribution in [3.63, 3.8) is 0 Å². The van der Waals surface area contributed by atoms with E-state index in [1.807, 2.05) is 6.92 Å². The maximum Gasteiger partial charge on any atom is 0.226 e. The van der Waals surface area contributed by atoms with E-state index in [-0.39, 0.29) is 23.0 Å². The Balaban J connectivity index is 2.75. The van der Waals surface area contributed by atoms with E-state index in [0.717, 1.165) is 18.4 Å². The van der Waals surface area contributed by atoms with Crippen LogP contribution in [0.25, 0.3) is 0 Å². The molecule has 0 saturated carbocycles. The molecule has 1 atom stereocenters. The number of carbonyl (C=O) groups excluding carboxylic acids is 1. The number of benzene rings is 1. The average Bonchev–Trinajstić information content (AvgIpc) is 2.45. The Morgan fingerprint density at radius 2 is 2.10 bits per heavy atom. The van der Waals surface area contributed by atoms with Gasteiger partial charge < -0.3 is 15.2 Å². The van der Waals surface area contributed by atoms with Crippen molar-refractivity contribution in [2.45, 2.75) is 47.1 Å². The third-order valence-electron chi connectivity index (χ3n) is 4.26. The Labute approximate surface area is 127 Å². The minimum absolute atomic E-state index is 0.0754. The first-order valence-electron chi connectivity index (χ1n) is 7.49. The molecule has 1 aromatic carbocycles. The summed E-state index contributed by atoms with van der Waals surface area (Å²) in [6.07, 6.45) is 1.85. The minimum Gasteiger partial charge on any atom is -0.504 e. The molecule has 0 aliphatic rings. The highest BCUT2D eigenvalue weighted by molar-refractivity contribution is 5.82. The van der Waals surface area contributed by atoms with Crippen molar-refractivity contribution < 1.29 is 14.6 Å². The van der Waals surface area contributed by atoms with Crippen LogP contribution in [0.1, 0.15) is 46.1 Å². The summed E-state index contributed by atoms with van der Waals surface area (Å²) >= 11 is 0. The van der Waals surface area contributed by atoms with Crippen LogP contribution in [0.3, 0.4) is 0 Å². The van der Waals surface area contributed by atoms with Gasteiger partial charge in [-0.1, -0.05) is 40.2 Å². The lowest BCUT2D eigenvalue weighted by molar-refractivity contribution is -0.133. The SMILES string of the molecule is CCCC(C)(C(=O)NCc1ccc(O)c(OC)c1)C(C)C. The van der Waals surface area contributed by atoms with Gasteiger partial charge in [-0.15, -0.1) is 0 Å². The Bertz CT molecular complexity index is 485. The number of hydrogen-bond acceptors (Lipinski definition) is 3. The summed E-state index contributed by atoms with van der Waals surface area (Å²) in [6.45, 7) is 8.71. The summed E-state index contributed by atoms with van der Waals surface area (Å²) in [5, 5.41) is 12.6. The largest absolute Gasteiger partial charge is 0.504 e. The summed E-state index contributed by atoms with van der Waals surface area (Å²) < 4.78 is 5.07. The Morgan fingerprint density at radius 3 is 2.62 bits per heavy atom. The predicted octanol–water partition coefficient (Wildman–Crippen LogP) is 3.48. The number of aromatic hydroxyl groups is 1. The monoisotopic (exact) mass is 293 g/mol. The summed E-state index contributed by atoms with van der Waals surface area (Å²) in [4.78, 5) is 12.5. The molecule has 1 unspecified atom stereocenters. The van der Waals surface area contributed by atoms with Crippen LogP contribution in [0.5, 0.6) is 11.5 Å². The highest BCUT2D eigenvalue weighted by atomic mass is 16.5. The van der Waals surface area contributed by atoms with Gasteiger partial charge in [0.2, 0.25) is 5.91 Å². The van der Waals surface area contributed by atoms with Crippen molar-refractivity contribution in [2.24, 2.45) is 11.3 Å². The number of ether oxygens (including phenoxy) is 1. The molecule has 0 aromatic heterocycles. The number of rotatable bonds is 7. The van der Waals surface area contributed by atoms with Gasteiger partial charge in [-0.05, 0) is 30.0 Å². The van der Waals surface area contributed by atoms with Gasteiger partial charge in [0.1, 0.15) is 0 Å². The fourth-order valence-corrected chi connectivity index (χ4v) is 2.40. The minimum atomic E-state index is -0.351. The predicted molar refractivity (Wildman–Crippen MR) is 84.4 cm³/mol. The van der Waals surface area contributed by atoms with Gasteiger partial charge in [-0.25, -0.2) is 0 Å². The van der Waals surface area contributed by atoms with Crippen LogP contribution >= 0.6 is 0 Å². The van der Waals surface area contributed by atoms with E-state index in [4.69, 9.17) is 4.74 Å². The van der Waals surface area contributed by atoms with E-state index in [0.29, 0.717) is 12.3 Å². The van der Waals surface area contributed by atoms with Gasteiger partial charge in [0.15, 0.2) is 11.5 Å². The number of hydrogen-bond donors (Lipinski definition) is 2. The van der Waals surface area contributed by atoms with Crippen LogP contribution < -0.4 is 10.1 Å². The van der Waals surface area contributed by atoms with E-state index >= 15 is 0 Å². The molecule has 1 rings (SSSR count). The highest BCUT2D eigenvalue weighted by Gasteiger charge is 2.35. The normalized spacial score (nSPS) is 13.8. The molecule has 0 spiro atoms. The first kappa shape index (κ1) is 17.3. The van der Waals surface area contributed by atoms with E-state index in [9.17, 15) is 9.90 Å². The van der Waals surface area contributed by atoms with E-state index in [1.165, 1.54) is 7.11 Å². The Hall–Kier alpha value is -1.71. The number of phenols is 1. The van der Waals surface area contributed by atoms with Gasteiger partial charge >= 0.3 is 0 Å². The van der Waals surface area contributed by atoms with Crippen LogP contribution in [0, 0.1) is 11.3 Å². The van der Waals surface area contributed by atoms with Gasteiger partial charge in [0, 0.05) is 12.0 Å². The van der Waals surface area contributed by atoms with Gasteiger partial charge in [-0.3, -0.25) is 4.79 Å². The van der Waals surface area contributed by atoms with E-state index in [2.05, 4.69) is 26.1 Å². The molecule has 2 N–H and O–H groups in total. The second-order valence-electron chi connectivity index (χ2n) is 6.01. The fourth-order valence-electron chi connectivity index (χ4n) is 2.40. The van der Waals surface area contributed by atoms with Crippen LogP contribution in [0.15, 0.2) is 18.2 Å². The van der Waals surface area contributed by atoms with Crippen molar-refractivity contribution in [1.82, 2.24) is 5.32 Å². The number of methoxy groups -OCH3 is 1. The molecule has 0 bridgehead atoms. The van der Waals surface area contributed by atoms with Crippen LogP contribution in [0.4, 0.5) is 0 Å². The third-order valence-corrected chi connectivity index (χ3v) is 4.26. The van der Waals surface area contributed by atoms with Crippen molar-refractivity contribution in [2.75, 3.05) is 7.11 Å². The molecule has 1 amide bonds. The van der Waals surface area contributed by atoms with Gasteiger partial charge in [-0.2, -0.15) is 0 Å². The van der Waals surface area contributed by atoms with Crippen molar-refractivity contribution >= 4 is 5.91 Å². The molecule has 4 nitrogen and oxygen atoms in total. The number of amides is 1. The van der Waals surface area contributed by atoms with Crippen molar-refractivity contribution in [1.29, 1.82) is 0 Å². The highest BCUT2D eigenvalue weighted by Crippen LogP contribution is 2.33. The summed E-state index contributed by atoms with van der Waals surface area (Å²) in [5.74, 6) is 0.880. The number of phenolic OH excluding ortho intramolecular Hbond substituents is 1. The average molecular weight is 293 g/mol. The molecule has 4 heteroatoms. The quantitative estimate of drug-likeness (QED) is 0.809. The second kappa shape index (κ2) is 7.34. The molecular weight excluding hydrogens is 266 g/mol. The molecule has 21 heavy (non-hydrogen) atoms. The van der Waals surface area contributed by atoms with Gasteiger partial charge in [0.25, 0.3) is 0 Å². The number of nitrogens with one attached hydrogen (secondary N) is 1.